The first-order valence-corrected chi connectivity index (χ1v) is 4.69. The molecular weight excluding hydrogens is 212 g/mol. The van der Waals surface area contributed by atoms with Crippen LogP contribution in [0.15, 0.2) is 24.3 Å². The lowest BCUT2D eigenvalue weighted by molar-refractivity contribution is -0.152. The highest BCUT2D eigenvalue weighted by molar-refractivity contribution is 5.76. The molecule has 0 aliphatic carbocycles. The molecule has 0 fully saturated rings. The van der Waals surface area contributed by atoms with Gasteiger partial charge in [0.25, 0.3) is 0 Å². The summed E-state index contributed by atoms with van der Waals surface area (Å²) in [5.41, 5.74) is 0. The van der Waals surface area contributed by atoms with Crippen molar-refractivity contribution >= 4 is 12.3 Å². The van der Waals surface area contributed by atoms with E-state index in [2.05, 4.69) is 4.74 Å². The first kappa shape index (κ1) is 12.0. The van der Waals surface area contributed by atoms with Crippen LogP contribution < -0.4 is 4.74 Å². The molecule has 1 atom stereocenters. The topological polar surface area (TPSA) is 72.8 Å². The van der Waals surface area contributed by atoms with Gasteiger partial charge in [0, 0.05) is 0 Å². The number of phenols is 1. The minimum absolute atomic E-state index is 0.114. The Morgan fingerprint density at radius 3 is 2.62 bits per heavy atom. The first-order chi connectivity index (χ1) is 7.63. The summed E-state index contributed by atoms with van der Waals surface area (Å²) in [5, 5.41) is 9.03. The Kier molecular flexibility index (Phi) is 4.32. The van der Waals surface area contributed by atoms with Crippen LogP contribution in [0.3, 0.4) is 0 Å². The Balaban J connectivity index is 2.50. The van der Waals surface area contributed by atoms with E-state index in [1.165, 1.54) is 31.2 Å². The molecule has 0 spiro atoms. The number of aromatic hydroxyl groups is 1. The molecule has 0 aliphatic rings. The van der Waals surface area contributed by atoms with Crippen molar-refractivity contribution in [3.05, 3.63) is 24.3 Å². The number of rotatable bonds is 5. The van der Waals surface area contributed by atoms with Crippen LogP contribution in [-0.2, 0) is 14.3 Å². The molecule has 0 radical (unpaired) electrons. The van der Waals surface area contributed by atoms with Gasteiger partial charge in [-0.05, 0) is 31.2 Å². The molecule has 5 heteroatoms. The summed E-state index contributed by atoms with van der Waals surface area (Å²) in [6, 6.07) is 5.94. The standard InChI is InChI=1S/C11H12O5/c1-8(11(14)15-7-6-12)16-10-4-2-9(13)3-5-10/h2-6,8,13H,7H2,1H3. The molecule has 1 N–H and O–H groups in total. The van der Waals surface area contributed by atoms with Crippen molar-refractivity contribution in [3.8, 4) is 11.5 Å². The van der Waals surface area contributed by atoms with Gasteiger partial charge >= 0.3 is 5.97 Å². The summed E-state index contributed by atoms with van der Waals surface area (Å²) in [6.07, 6.45) is -0.310. The molecule has 1 aromatic carbocycles. The second kappa shape index (κ2) is 5.75. The Labute approximate surface area is 92.6 Å². The summed E-state index contributed by atoms with van der Waals surface area (Å²) in [7, 11) is 0. The maximum atomic E-state index is 11.2. The summed E-state index contributed by atoms with van der Waals surface area (Å²) in [4.78, 5) is 21.2. The molecule has 0 amide bonds. The quantitative estimate of drug-likeness (QED) is 0.594. The third-order valence-corrected chi connectivity index (χ3v) is 1.78. The zero-order valence-electron chi connectivity index (χ0n) is 8.75. The molecule has 0 saturated heterocycles. The van der Waals surface area contributed by atoms with E-state index in [9.17, 15) is 9.59 Å². The summed E-state index contributed by atoms with van der Waals surface area (Å²) in [5.74, 6) is -0.0583. The van der Waals surface area contributed by atoms with Gasteiger partial charge in [-0.1, -0.05) is 0 Å². The highest BCUT2D eigenvalue weighted by atomic mass is 16.6. The van der Waals surface area contributed by atoms with Crippen molar-refractivity contribution in [2.75, 3.05) is 6.61 Å². The van der Waals surface area contributed by atoms with Crippen molar-refractivity contribution in [2.45, 2.75) is 13.0 Å². The molecule has 1 rings (SSSR count). The SMILES string of the molecule is CC(Oc1ccc(O)cc1)C(=O)OCC=O. The van der Waals surface area contributed by atoms with E-state index >= 15 is 0 Å². The van der Waals surface area contributed by atoms with Crippen molar-refractivity contribution in [1.82, 2.24) is 0 Å². The van der Waals surface area contributed by atoms with E-state index < -0.39 is 12.1 Å². The van der Waals surface area contributed by atoms with Gasteiger partial charge in [-0.25, -0.2) is 4.79 Å². The van der Waals surface area contributed by atoms with Crippen LogP contribution in [0.2, 0.25) is 0 Å². The van der Waals surface area contributed by atoms with Crippen LogP contribution in [-0.4, -0.2) is 30.1 Å². The van der Waals surface area contributed by atoms with Crippen LogP contribution >= 0.6 is 0 Å². The van der Waals surface area contributed by atoms with Gasteiger partial charge in [0.05, 0.1) is 0 Å². The number of hydrogen-bond acceptors (Lipinski definition) is 5. The average Bonchev–Trinajstić information content (AvgIpc) is 2.29. The zero-order chi connectivity index (χ0) is 12.0. The number of esters is 1. The third-order valence-electron chi connectivity index (χ3n) is 1.78. The van der Waals surface area contributed by atoms with Gasteiger partial charge in [0.1, 0.15) is 18.1 Å². The lowest BCUT2D eigenvalue weighted by Crippen LogP contribution is -2.26. The first-order valence-electron chi connectivity index (χ1n) is 4.69. The Hall–Kier alpha value is -2.04. The fraction of sp³-hybridized carbons (Fsp3) is 0.273. The monoisotopic (exact) mass is 224 g/mol. The van der Waals surface area contributed by atoms with Gasteiger partial charge in [-0.2, -0.15) is 0 Å². The Morgan fingerprint density at radius 2 is 2.06 bits per heavy atom. The number of carbonyl (C=O) groups excluding carboxylic acids is 2. The zero-order valence-corrected chi connectivity index (χ0v) is 8.75. The number of ether oxygens (including phenoxy) is 2. The predicted molar refractivity (Wildman–Crippen MR) is 55.2 cm³/mol. The van der Waals surface area contributed by atoms with Crippen molar-refractivity contribution in [2.24, 2.45) is 0 Å². The predicted octanol–water partition coefficient (Wildman–Crippen LogP) is 0.902. The smallest absolute Gasteiger partial charge is 0.347 e. The maximum absolute atomic E-state index is 11.2. The summed E-state index contributed by atoms with van der Waals surface area (Å²) in [6.45, 7) is 1.24. The Bertz CT molecular complexity index is 357. The summed E-state index contributed by atoms with van der Waals surface area (Å²) < 4.78 is 9.79. The van der Waals surface area contributed by atoms with E-state index in [0.717, 1.165) is 0 Å². The highest BCUT2D eigenvalue weighted by Crippen LogP contribution is 2.17. The molecule has 0 aromatic heterocycles. The maximum Gasteiger partial charge on any atom is 0.347 e. The normalized spacial score (nSPS) is 11.6. The molecule has 86 valence electrons. The fourth-order valence-electron chi connectivity index (χ4n) is 1.01. The number of carbonyl (C=O) groups is 2. The van der Waals surface area contributed by atoms with Crippen molar-refractivity contribution in [3.63, 3.8) is 0 Å². The number of hydrogen-bond donors (Lipinski definition) is 1. The number of benzene rings is 1. The molecule has 0 saturated carbocycles. The Morgan fingerprint density at radius 1 is 1.44 bits per heavy atom. The number of phenolic OH excluding ortho intramolecular Hbond substituents is 1. The molecule has 0 aliphatic heterocycles. The van der Waals surface area contributed by atoms with Crippen molar-refractivity contribution in [1.29, 1.82) is 0 Å². The largest absolute Gasteiger partial charge is 0.508 e. The average molecular weight is 224 g/mol. The summed E-state index contributed by atoms with van der Waals surface area (Å²) >= 11 is 0. The number of aldehydes is 1. The fourth-order valence-corrected chi connectivity index (χ4v) is 1.01. The molecule has 1 aromatic rings. The van der Waals surface area contributed by atoms with E-state index in [1.54, 1.807) is 0 Å². The molecule has 0 heterocycles. The van der Waals surface area contributed by atoms with Gasteiger partial charge in [0.15, 0.2) is 12.4 Å². The second-order valence-electron chi connectivity index (χ2n) is 3.05. The van der Waals surface area contributed by atoms with Gasteiger partial charge < -0.3 is 14.6 Å². The lowest BCUT2D eigenvalue weighted by Gasteiger charge is -2.12. The third kappa shape index (κ3) is 3.61. The van der Waals surface area contributed by atoms with Crippen LogP contribution in [0.4, 0.5) is 0 Å². The minimum Gasteiger partial charge on any atom is -0.508 e. The molecule has 16 heavy (non-hydrogen) atoms. The van der Waals surface area contributed by atoms with Crippen LogP contribution in [0.25, 0.3) is 0 Å². The van der Waals surface area contributed by atoms with Gasteiger partial charge in [-0.3, -0.25) is 4.79 Å². The van der Waals surface area contributed by atoms with Crippen LogP contribution in [0.1, 0.15) is 6.92 Å². The van der Waals surface area contributed by atoms with E-state index in [4.69, 9.17) is 9.84 Å². The van der Waals surface area contributed by atoms with Crippen LogP contribution in [0.5, 0.6) is 11.5 Å². The highest BCUT2D eigenvalue weighted by Gasteiger charge is 2.15. The van der Waals surface area contributed by atoms with Crippen LogP contribution in [0, 0.1) is 0 Å². The minimum atomic E-state index is -0.801. The van der Waals surface area contributed by atoms with E-state index in [-0.39, 0.29) is 12.4 Å². The molecule has 1 unspecified atom stereocenters. The van der Waals surface area contributed by atoms with E-state index in [1.807, 2.05) is 0 Å². The molecular formula is C11H12O5. The van der Waals surface area contributed by atoms with Crippen molar-refractivity contribution < 1.29 is 24.2 Å². The van der Waals surface area contributed by atoms with Gasteiger partial charge in [-0.15, -0.1) is 0 Å². The lowest BCUT2D eigenvalue weighted by atomic mass is 10.3. The molecule has 0 bridgehead atoms. The van der Waals surface area contributed by atoms with E-state index in [0.29, 0.717) is 12.0 Å². The van der Waals surface area contributed by atoms with Gasteiger partial charge in [0.2, 0.25) is 0 Å². The molecule has 5 nitrogen and oxygen atoms in total. The second-order valence-corrected chi connectivity index (χ2v) is 3.05.